The van der Waals surface area contributed by atoms with Crippen LogP contribution >= 0.6 is 0 Å². The Morgan fingerprint density at radius 2 is 1.51 bits per heavy atom. The van der Waals surface area contributed by atoms with Crippen molar-refractivity contribution in [2.45, 2.75) is 125 Å². The molecule has 204 valence electrons. The van der Waals surface area contributed by atoms with Gasteiger partial charge in [-0.2, -0.15) is 0 Å². The van der Waals surface area contributed by atoms with E-state index in [1.807, 2.05) is 41.5 Å². The normalized spacial score (nSPS) is 14.3. The zero-order chi connectivity index (χ0) is 27.3. The van der Waals surface area contributed by atoms with Crippen LogP contribution in [0.1, 0.15) is 101 Å². The molecule has 0 aromatic rings. The van der Waals surface area contributed by atoms with E-state index in [1.165, 1.54) is 0 Å². The summed E-state index contributed by atoms with van der Waals surface area (Å²) in [4.78, 5) is 41.2. The molecule has 0 aliphatic carbocycles. The number of likely N-dealkylation sites (N-methyl/N-ethyl adjacent to an activating group) is 1. The molecule has 35 heavy (non-hydrogen) atoms. The van der Waals surface area contributed by atoms with Crippen molar-refractivity contribution in [1.82, 2.24) is 15.5 Å². The lowest BCUT2D eigenvalue weighted by Gasteiger charge is -2.38. The van der Waals surface area contributed by atoms with Crippen molar-refractivity contribution >= 4 is 17.8 Å². The third-order valence-corrected chi connectivity index (χ3v) is 6.91. The van der Waals surface area contributed by atoms with Gasteiger partial charge >= 0.3 is 5.97 Å². The summed E-state index contributed by atoms with van der Waals surface area (Å²) in [7, 11) is 1.75. The summed E-state index contributed by atoms with van der Waals surface area (Å²) in [5.41, 5.74) is -0.247. The van der Waals surface area contributed by atoms with Crippen LogP contribution in [0, 0.1) is 11.8 Å². The fourth-order valence-electron chi connectivity index (χ4n) is 4.43. The molecule has 0 saturated carbocycles. The minimum absolute atomic E-state index is 0.0747. The van der Waals surface area contributed by atoms with E-state index >= 15 is 0 Å². The molecule has 2 amide bonds. The molecule has 0 aliphatic rings. The minimum atomic E-state index is -0.720. The van der Waals surface area contributed by atoms with E-state index < -0.39 is 11.6 Å². The maximum atomic E-state index is 13.7. The van der Waals surface area contributed by atoms with Crippen LogP contribution in [0.15, 0.2) is 11.6 Å². The standard InChI is InChI=1S/C28H53N3O4/c1-12-22(13-2)30-28(14-3,15-4)27(34)29-23(17-19(6)7)25(32)31(11)24(20(8)9)18-21(10)26(33)35-16-5/h18-20,22-24,30H,12-17H2,1-11H3,(H,29,34)/b21-18+/t23?,24-/m1/s1. The second-order valence-electron chi connectivity index (χ2n) is 10.4. The molecule has 0 bridgehead atoms. The van der Waals surface area contributed by atoms with Crippen molar-refractivity contribution in [1.29, 1.82) is 0 Å². The van der Waals surface area contributed by atoms with Gasteiger partial charge in [0.1, 0.15) is 6.04 Å². The van der Waals surface area contributed by atoms with Gasteiger partial charge in [-0.15, -0.1) is 0 Å². The average Bonchev–Trinajstić information content (AvgIpc) is 2.81. The van der Waals surface area contributed by atoms with Gasteiger partial charge in [-0.05, 0) is 57.8 Å². The summed E-state index contributed by atoms with van der Waals surface area (Å²) in [6.45, 7) is 20.2. The van der Waals surface area contributed by atoms with Crippen molar-refractivity contribution in [3.05, 3.63) is 11.6 Å². The lowest BCUT2D eigenvalue weighted by molar-refractivity contribution is -0.140. The van der Waals surface area contributed by atoms with Crippen LogP contribution in [0.5, 0.6) is 0 Å². The maximum Gasteiger partial charge on any atom is 0.333 e. The first-order valence-corrected chi connectivity index (χ1v) is 13.5. The predicted octanol–water partition coefficient (Wildman–Crippen LogP) is 4.85. The smallest absolute Gasteiger partial charge is 0.333 e. The van der Waals surface area contributed by atoms with Gasteiger partial charge in [-0.25, -0.2) is 4.79 Å². The number of rotatable bonds is 16. The number of nitrogens with zero attached hydrogens (tertiary/aromatic N) is 1. The number of nitrogens with one attached hydrogen (secondary N) is 2. The van der Waals surface area contributed by atoms with E-state index in [4.69, 9.17) is 4.74 Å². The molecule has 0 spiro atoms. The molecule has 0 aliphatic heterocycles. The average molecular weight is 496 g/mol. The van der Waals surface area contributed by atoms with Gasteiger partial charge in [-0.3, -0.25) is 9.59 Å². The summed E-state index contributed by atoms with van der Waals surface area (Å²) in [6.07, 6.45) is 5.48. The number of carbonyl (C=O) groups excluding carboxylic acids is 3. The largest absolute Gasteiger partial charge is 0.463 e. The van der Waals surface area contributed by atoms with Gasteiger partial charge in [0.2, 0.25) is 11.8 Å². The summed E-state index contributed by atoms with van der Waals surface area (Å²) >= 11 is 0. The zero-order valence-electron chi connectivity index (χ0n) is 24.3. The number of ether oxygens (including phenoxy) is 1. The quantitative estimate of drug-likeness (QED) is 0.236. The molecule has 0 aromatic heterocycles. The molecule has 7 nitrogen and oxygen atoms in total. The van der Waals surface area contributed by atoms with Gasteiger partial charge < -0.3 is 20.3 Å². The van der Waals surface area contributed by atoms with E-state index in [1.54, 1.807) is 31.9 Å². The van der Waals surface area contributed by atoms with E-state index in [-0.39, 0.29) is 41.7 Å². The summed E-state index contributed by atoms with van der Waals surface area (Å²) in [5.74, 6) is -0.361. The molecule has 0 fully saturated rings. The Labute approximate surface area is 214 Å². The van der Waals surface area contributed by atoms with Crippen LogP contribution in [0.3, 0.4) is 0 Å². The topological polar surface area (TPSA) is 87.7 Å². The first-order valence-electron chi connectivity index (χ1n) is 13.5. The van der Waals surface area contributed by atoms with Crippen LogP contribution in [0.25, 0.3) is 0 Å². The Morgan fingerprint density at radius 3 is 1.91 bits per heavy atom. The summed E-state index contributed by atoms with van der Waals surface area (Å²) in [6, 6.07) is -0.710. The molecular formula is C28H53N3O4. The number of amides is 2. The third-order valence-electron chi connectivity index (χ3n) is 6.91. The molecule has 2 atom stereocenters. The lowest BCUT2D eigenvalue weighted by Crippen LogP contribution is -2.62. The van der Waals surface area contributed by atoms with E-state index in [0.29, 0.717) is 31.4 Å². The van der Waals surface area contributed by atoms with Crippen LogP contribution in [0.2, 0.25) is 0 Å². The fourth-order valence-corrected chi connectivity index (χ4v) is 4.43. The summed E-state index contributed by atoms with van der Waals surface area (Å²) in [5, 5.41) is 6.70. The van der Waals surface area contributed by atoms with Crippen LogP contribution in [-0.2, 0) is 19.1 Å². The minimum Gasteiger partial charge on any atom is -0.463 e. The second-order valence-corrected chi connectivity index (χ2v) is 10.4. The zero-order valence-corrected chi connectivity index (χ0v) is 24.3. The van der Waals surface area contributed by atoms with Crippen LogP contribution in [0.4, 0.5) is 0 Å². The molecular weight excluding hydrogens is 442 g/mol. The molecule has 0 radical (unpaired) electrons. The lowest BCUT2D eigenvalue weighted by atomic mass is 9.88. The third kappa shape index (κ3) is 9.94. The SMILES string of the molecule is CCOC(=O)/C(C)=C/[C@H](C(C)C)N(C)C(=O)C(CC(C)C)NC(=O)C(CC)(CC)NC(CC)CC. The van der Waals surface area contributed by atoms with Crippen LogP contribution < -0.4 is 10.6 Å². The van der Waals surface area contributed by atoms with Crippen molar-refractivity contribution in [3.8, 4) is 0 Å². The molecule has 7 heteroatoms. The highest BCUT2D eigenvalue weighted by Crippen LogP contribution is 2.21. The number of hydrogen-bond donors (Lipinski definition) is 2. The van der Waals surface area contributed by atoms with E-state index in [9.17, 15) is 14.4 Å². The predicted molar refractivity (Wildman–Crippen MR) is 144 cm³/mol. The molecule has 0 heterocycles. The van der Waals surface area contributed by atoms with Gasteiger partial charge in [-0.1, -0.05) is 61.5 Å². The van der Waals surface area contributed by atoms with Crippen molar-refractivity contribution in [2.24, 2.45) is 11.8 Å². The van der Waals surface area contributed by atoms with Gasteiger partial charge in [0.25, 0.3) is 0 Å². The van der Waals surface area contributed by atoms with Gasteiger partial charge in [0.05, 0.1) is 18.2 Å². The van der Waals surface area contributed by atoms with E-state index in [0.717, 1.165) is 12.8 Å². The van der Waals surface area contributed by atoms with Crippen LogP contribution in [-0.4, -0.2) is 60.0 Å². The molecule has 0 aromatic carbocycles. The first kappa shape index (κ1) is 33.1. The Bertz CT molecular complexity index is 694. The molecule has 0 rings (SSSR count). The molecule has 1 unspecified atom stereocenters. The second kappa shape index (κ2) is 16.0. The van der Waals surface area contributed by atoms with Crippen molar-refractivity contribution < 1.29 is 19.1 Å². The highest BCUT2D eigenvalue weighted by Gasteiger charge is 2.39. The fraction of sp³-hybridized carbons (Fsp3) is 0.821. The van der Waals surface area contributed by atoms with Gasteiger partial charge in [0.15, 0.2) is 0 Å². The number of carbonyl (C=O) groups is 3. The maximum absolute atomic E-state index is 13.7. The number of esters is 1. The number of hydrogen-bond acceptors (Lipinski definition) is 5. The van der Waals surface area contributed by atoms with Crippen molar-refractivity contribution in [3.63, 3.8) is 0 Å². The Hall–Kier alpha value is -1.89. The Kier molecular flexibility index (Phi) is 15.1. The Balaban J connectivity index is 6.01. The van der Waals surface area contributed by atoms with Gasteiger partial charge in [0, 0.05) is 18.7 Å². The Morgan fingerprint density at radius 1 is 0.971 bits per heavy atom. The molecule has 2 N–H and O–H groups in total. The summed E-state index contributed by atoms with van der Waals surface area (Å²) < 4.78 is 5.11. The highest BCUT2D eigenvalue weighted by molar-refractivity contribution is 5.92. The van der Waals surface area contributed by atoms with Crippen molar-refractivity contribution in [2.75, 3.05) is 13.7 Å². The molecule has 0 saturated heterocycles. The van der Waals surface area contributed by atoms with E-state index in [2.05, 4.69) is 24.5 Å². The first-order chi connectivity index (χ1) is 16.3. The monoisotopic (exact) mass is 495 g/mol. The highest BCUT2D eigenvalue weighted by atomic mass is 16.5.